The van der Waals surface area contributed by atoms with Gasteiger partial charge in [0, 0.05) is 23.6 Å². The van der Waals surface area contributed by atoms with Crippen LogP contribution in [-0.4, -0.2) is 18.1 Å². The van der Waals surface area contributed by atoms with Gasteiger partial charge in [-0.15, -0.1) is 0 Å². The van der Waals surface area contributed by atoms with Gasteiger partial charge >= 0.3 is 6.03 Å². The Labute approximate surface area is 92.6 Å². The van der Waals surface area contributed by atoms with Crippen molar-refractivity contribution in [2.75, 3.05) is 7.11 Å². The van der Waals surface area contributed by atoms with Crippen molar-refractivity contribution in [3.8, 4) is 5.75 Å². The molecule has 0 bridgehead atoms. The minimum atomic E-state index is -0.530. The molecule has 0 spiro atoms. The molecule has 0 aliphatic rings. The van der Waals surface area contributed by atoms with Crippen LogP contribution < -0.4 is 15.8 Å². The third kappa shape index (κ3) is 1.93. The Morgan fingerprint density at radius 1 is 1.56 bits per heavy atom. The molecule has 16 heavy (non-hydrogen) atoms. The van der Waals surface area contributed by atoms with E-state index in [-0.39, 0.29) is 0 Å². The number of aromatic nitrogens is 1. The van der Waals surface area contributed by atoms with Crippen molar-refractivity contribution in [2.24, 2.45) is 5.73 Å². The van der Waals surface area contributed by atoms with Gasteiger partial charge in [0.2, 0.25) is 0 Å². The Morgan fingerprint density at radius 3 is 3.06 bits per heavy atom. The topological polar surface area (TPSA) is 80.1 Å². The van der Waals surface area contributed by atoms with Crippen molar-refractivity contribution in [2.45, 2.75) is 6.54 Å². The zero-order valence-electron chi connectivity index (χ0n) is 8.91. The predicted molar refractivity (Wildman–Crippen MR) is 61.3 cm³/mol. The van der Waals surface area contributed by atoms with Crippen LogP contribution in [0.1, 0.15) is 5.56 Å². The lowest BCUT2D eigenvalue weighted by atomic mass is 10.1. The first-order valence-electron chi connectivity index (χ1n) is 4.88. The molecule has 2 rings (SSSR count). The summed E-state index contributed by atoms with van der Waals surface area (Å²) in [4.78, 5) is 13.7. The summed E-state index contributed by atoms with van der Waals surface area (Å²) in [5, 5.41) is 3.58. The molecule has 1 aromatic heterocycles. The van der Waals surface area contributed by atoms with Gasteiger partial charge in [-0.2, -0.15) is 0 Å². The van der Waals surface area contributed by atoms with Crippen molar-refractivity contribution in [3.63, 3.8) is 0 Å². The van der Waals surface area contributed by atoms with Crippen LogP contribution in [0.2, 0.25) is 0 Å². The molecule has 2 aromatic rings. The summed E-state index contributed by atoms with van der Waals surface area (Å²) in [6.45, 7) is 0.405. The molecule has 0 aliphatic heterocycles. The lowest BCUT2D eigenvalue weighted by Crippen LogP contribution is -2.28. The van der Waals surface area contributed by atoms with Crippen LogP contribution in [0.15, 0.2) is 24.4 Å². The standard InChI is InChI=1S/C11H13N3O2/c1-16-8-2-3-10-9(4-8)7(5-13-10)6-14-11(12)15/h2-5,13H,6H2,1H3,(H3,12,14,15). The third-order valence-corrected chi connectivity index (χ3v) is 2.43. The fourth-order valence-corrected chi connectivity index (χ4v) is 1.61. The molecule has 2 amide bonds. The Balaban J connectivity index is 2.34. The van der Waals surface area contributed by atoms with Crippen LogP contribution in [0.25, 0.3) is 10.9 Å². The van der Waals surface area contributed by atoms with Gasteiger partial charge in [0.1, 0.15) is 5.75 Å². The summed E-state index contributed by atoms with van der Waals surface area (Å²) in [7, 11) is 1.62. The molecule has 5 heteroatoms. The normalized spacial score (nSPS) is 10.3. The van der Waals surface area contributed by atoms with Crippen LogP contribution >= 0.6 is 0 Å². The minimum Gasteiger partial charge on any atom is -0.497 e. The van der Waals surface area contributed by atoms with Gasteiger partial charge in [0.05, 0.1) is 7.11 Å². The number of H-pyrrole nitrogens is 1. The van der Waals surface area contributed by atoms with Crippen LogP contribution in [0.5, 0.6) is 5.75 Å². The number of carbonyl (C=O) groups is 1. The van der Waals surface area contributed by atoms with Gasteiger partial charge in [-0.1, -0.05) is 0 Å². The van der Waals surface area contributed by atoms with E-state index in [1.165, 1.54) is 0 Å². The third-order valence-electron chi connectivity index (χ3n) is 2.43. The second-order valence-electron chi connectivity index (χ2n) is 3.44. The van der Waals surface area contributed by atoms with Crippen LogP contribution in [-0.2, 0) is 6.54 Å². The van der Waals surface area contributed by atoms with Gasteiger partial charge < -0.3 is 20.8 Å². The number of fused-ring (bicyclic) bond motifs is 1. The van der Waals surface area contributed by atoms with Crippen molar-refractivity contribution >= 4 is 16.9 Å². The highest BCUT2D eigenvalue weighted by atomic mass is 16.5. The van der Waals surface area contributed by atoms with E-state index in [2.05, 4.69) is 10.3 Å². The first kappa shape index (κ1) is 10.4. The van der Waals surface area contributed by atoms with Gasteiger partial charge in [-0.25, -0.2) is 4.79 Å². The average molecular weight is 219 g/mol. The van der Waals surface area contributed by atoms with Crippen molar-refractivity contribution in [3.05, 3.63) is 30.0 Å². The van der Waals surface area contributed by atoms with Gasteiger partial charge in [0.15, 0.2) is 0 Å². The number of methoxy groups -OCH3 is 1. The lowest BCUT2D eigenvalue weighted by Gasteiger charge is -2.02. The zero-order valence-corrected chi connectivity index (χ0v) is 8.91. The fourth-order valence-electron chi connectivity index (χ4n) is 1.61. The Kier molecular flexibility index (Phi) is 2.68. The first-order chi connectivity index (χ1) is 7.70. The molecule has 0 fully saturated rings. The van der Waals surface area contributed by atoms with Crippen molar-refractivity contribution in [1.29, 1.82) is 0 Å². The Hall–Kier alpha value is -2.17. The maximum absolute atomic E-state index is 10.6. The number of amides is 2. The molecule has 84 valence electrons. The summed E-state index contributed by atoms with van der Waals surface area (Å²) in [5.41, 5.74) is 7.01. The maximum atomic E-state index is 10.6. The van der Waals surface area contributed by atoms with Crippen molar-refractivity contribution < 1.29 is 9.53 Å². The van der Waals surface area contributed by atoms with E-state index in [0.29, 0.717) is 6.54 Å². The summed E-state index contributed by atoms with van der Waals surface area (Å²) >= 11 is 0. The number of benzene rings is 1. The molecule has 5 nitrogen and oxygen atoms in total. The monoisotopic (exact) mass is 219 g/mol. The molecule has 0 saturated carbocycles. The van der Waals surface area contributed by atoms with E-state index < -0.39 is 6.03 Å². The SMILES string of the molecule is COc1ccc2[nH]cc(CNC(N)=O)c2c1. The minimum absolute atomic E-state index is 0.405. The number of nitrogens with one attached hydrogen (secondary N) is 2. The fraction of sp³-hybridized carbons (Fsp3) is 0.182. The van der Waals surface area contributed by atoms with Crippen LogP contribution in [0.4, 0.5) is 4.79 Å². The lowest BCUT2D eigenvalue weighted by molar-refractivity contribution is 0.248. The highest BCUT2D eigenvalue weighted by molar-refractivity contribution is 5.85. The number of urea groups is 1. The van der Waals surface area contributed by atoms with Crippen LogP contribution in [0.3, 0.4) is 0 Å². The van der Waals surface area contributed by atoms with Crippen LogP contribution in [0, 0.1) is 0 Å². The number of hydrogen-bond donors (Lipinski definition) is 3. The van der Waals surface area contributed by atoms with E-state index in [1.807, 2.05) is 24.4 Å². The quantitative estimate of drug-likeness (QED) is 0.728. The highest BCUT2D eigenvalue weighted by Crippen LogP contribution is 2.23. The van der Waals surface area contributed by atoms with E-state index in [0.717, 1.165) is 22.2 Å². The van der Waals surface area contributed by atoms with E-state index in [1.54, 1.807) is 7.11 Å². The molecular formula is C11H13N3O2. The predicted octanol–water partition coefficient (Wildman–Crippen LogP) is 1.34. The Morgan fingerprint density at radius 2 is 2.38 bits per heavy atom. The number of primary amides is 1. The number of rotatable bonds is 3. The molecule has 4 N–H and O–H groups in total. The number of nitrogens with two attached hydrogens (primary N) is 1. The smallest absolute Gasteiger partial charge is 0.312 e. The molecule has 0 saturated heterocycles. The van der Waals surface area contributed by atoms with E-state index >= 15 is 0 Å². The molecular weight excluding hydrogens is 206 g/mol. The molecule has 0 unspecified atom stereocenters. The molecule has 1 heterocycles. The number of hydrogen-bond acceptors (Lipinski definition) is 2. The largest absolute Gasteiger partial charge is 0.497 e. The molecule has 1 aromatic carbocycles. The van der Waals surface area contributed by atoms with Gasteiger partial charge in [0.25, 0.3) is 0 Å². The maximum Gasteiger partial charge on any atom is 0.312 e. The summed E-state index contributed by atoms with van der Waals surface area (Å²) in [6.07, 6.45) is 1.85. The number of ether oxygens (including phenoxy) is 1. The summed E-state index contributed by atoms with van der Waals surface area (Å²) in [6, 6.07) is 5.20. The van der Waals surface area contributed by atoms with Crippen molar-refractivity contribution in [1.82, 2.24) is 10.3 Å². The highest BCUT2D eigenvalue weighted by Gasteiger charge is 2.05. The molecule has 0 radical (unpaired) electrons. The number of carbonyl (C=O) groups excluding carboxylic acids is 1. The van der Waals surface area contributed by atoms with E-state index in [9.17, 15) is 4.79 Å². The summed E-state index contributed by atoms with van der Waals surface area (Å²) < 4.78 is 5.15. The van der Waals surface area contributed by atoms with Gasteiger partial charge in [-0.05, 0) is 23.8 Å². The molecule has 0 aliphatic carbocycles. The second-order valence-corrected chi connectivity index (χ2v) is 3.44. The average Bonchev–Trinajstić information content (AvgIpc) is 2.68. The summed E-state index contributed by atoms with van der Waals surface area (Å²) in [5.74, 6) is 0.785. The van der Waals surface area contributed by atoms with Gasteiger partial charge in [-0.3, -0.25) is 0 Å². The first-order valence-corrected chi connectivity index (χ1v) is 4.88. The Bertz CT molecular complexity index is 519. The molecule has 0 atom stereocenters. The van der Waals surface area contributed by atoms with E-state index in [4.69, 9.17) is 10.5 Å². The zero-order chi connectivity index (χ0) is 11.5. The number of aromatic amines is 1. The second kappa shape index (κ2) is 4.14.